The smallest absolute Gasteiger partial charge is 0.410 e. The van der Waals surface area contributed by atoms with E-state index in [4.69, 9.17) is 18.9 Å². The molecule has 3 aromatic carbocycles. The third-order valence-electron chi connectivity index (χ3n) is 7.32. The predicted octanol–water partition coefficient (Wildman–Crippen LogP) is 7.21. The summed E-state index contributed by atoms with van der Waals surface area (Å²) in [6, 6.07) is 17.5. The summed E-state index contributed by atoms with van der Waals surface area (Å²) >= 11 is 0. The van der Waals surface area contributed by atoms with Crippen LogP contribution < -0.4 is 9.47 Å². The molecular formula is C33H38FNO6. The number of rotatable bonds is 7. The van der Waals surface area contributed by atoms with E-state index in [0.717, 1.165) is 22.4 Å². The Labute approximate surface area is 241 Å². The van der Waals surface area contributed by atoms with Crippen molar-refractivity contribution in [2.24, 2.45) is 0 Å². The third-order valence-corrected chi connectivity index (χ3v) is 7.32. The zero-order chi connectivity index (χ0) is 29.9. The lowest BCUT2D eigenvalue weighted by molar-refractivity contribution is 0.00551. The van der Waals surface area contributed by atoms with Crippen molar-refractivity contribution in [1.29, 1.82) is 0 Å². The predicted molar refractivity (Wildman–Crippen MR) is 154 cm³/mol. The fourth-order valence-electron chi connectivity index (χ4n) is 5.21. The molecular weight excluding hydrogens is 525 g/mol. The summed E-state index contributed by atoms with van der Waals surface area (Å²) in [6.07, 6.45) is -0.342. The molecule has 1 amide bonds. The molecule has 3 unspecified atom stereocenters. The topological polar surface area (TPSA) is 74.3 Å². The lowest BCUT2D eigenvalue weighted by Gasteiger charge is -2.38. The summed E-state index contributed by atoms with van der Waals surface area (Å²) < 4.78 is 36.6. The molecule has 0 aliphatic carbocycles. The first kappa shape index (κ1) is 29.9. The Bertz CT molecular complexity index is 1420. The number of aryl methyl sites for hydroxylation is 1. The molecule has 0 spiro atoms. The van der Waals surface area contributed by atoms with E-state index in [1.54, 1.807) is 23.1 Å². The van der Waals surface area contributed by atoms with Gasteiger partial charge in [-0.3, -0.25) is 4.90 Å². The normalized spacial score (nSPS) is 17.1. The van der Waals surface area contributed by atoms with Gasteiger partial charge in [-0.1, -0.05) is 30.3 Å². The standard InChI is InChI=1S/C33H38FNO6/c1-20-12-13-23(31(36)39-7)16-26(20)27-18-24(40-29-11-9-8-10-25(27)29)19-35(32(37)41-33(3,4)5)21(2)22-14-15-28(34)30(17-22)38-6/h8-17,21,24,27H,18-19H2,1-7H3. The van der Waals surface area contributed by atoms with E-state index in [1.807, 2.05) is 71.0 Å². The number of carbonyl (C=O) groups excluding carboxylic acids is 2. The van der Waals surface area contributed by atoms with Crippen molar-refractivity contribution in [3.63, 3.8) is 0 Å². The zero-order valence-corrected chi connectivity index (χ0v) is 24.7. The van der Waals surface area contributed by atoms with Gasteiger partial charge < -0.3 is 18.9 Å². The van der Waals surface area contributed by atoms with Crippen molar-refractivity contribution in [2.75, 3.05) is 20.8 Å². The number of carbonyl (C=O) groups is 2. The first-order chi connectivity index (χ1) is 19.4. The largest absolute Gasteiger partial charge is 0.494 e. The molecule has 1 aliphatic rings. The highest BCUT2D eigenvalue weighted by Crippen LogP contribution is 2.42. The summed E-state index contributed by atoms with van der Waals surface area (Å²) in [5.41, 5.74) is 3.49. The van der Waals surface area contributed by atoms with Crippen LogP contribution in [0.3, 0.4) is 0 Å². The maximum Gasteiger partial charge on any atom is 0.410 e. The van der Waals surface area contributed by atoms with E-state index < -0.39 is 35.6 Å². The number of halogens is 1. The second-order valence-corrected chi connectivity index (χ2v) is 11.3. The Hall–Kier alpha value is -4.07. The molecule has 4 rings (SSSR count). The Kier molecular flexibility index (Phi) is 8.90. The van der Waals surface area contributed by atoms with E-state index in [1.165, 1.54) is 20.3 Å². The van der Waals surface area contributed by atoms with Crippen LogP contribution in [0, 0.1) is 12.7 Å². The number of amides is 1. The van der Waals surface area contributed by atoms with Gasteiger partial charge in [-0.05, 0) is 88.1 Å². The van der Waals surface area contributed by atoms with Crippen molar-refractivity contribution in [1.82, 2.24) is 4.90 Å². The molecule has 0 radical (unpaired) electrons. The van der Waals surface area contributed by atoms with Crippen LogP contribution in [0.25, 0.3) is 0 Å². The van der Waals surface area contributed by atoms with Crippen molar-refractivity contribution < 1.29 is 32.9 Å². The number of benzene rings is 3. The van der Waals surface area contributed by atoms with Gasteiger partial charge in [0, 0.05) is 11.5 Å². The summed E-state index contributed by atoms with van der Waals surface area (Å²) in [6.45, 7) is 9.55. The van der Waals surface area contributed by atoms with Crippen molar-refractivity contribution in [3.05, 3.63) is 94.3 Å². The van der Waals surface area contributed by atoms with Crippen LogP contribution in [0.2, 0.25) is 0 Å². The maximum absolute atomic E-state index is 14.2. The minimum Gasteiger partial charge on any atom is -0.494 e. The average molecular weight is 564 g/mol. The monoisotopic (exact) mass is 563 g/mol. The fraction of sp³-hybridized carbons (Fsp3) is 0.394. The minimum atomic E-state index is -0.719. The quantitative estimate of drug-likeness (QED) is 0.283. The van der Waals surface area contributed by atoms with Gasteiger partial charge >= 0.3 is 12.1 Å². The van der Waals surface area contributed by atoms with Gasteiger partial charge in [-0.25, -0.2) is 14.0 Å². The van der Waals surface area contributed by atoms with Crippen molar-refractivity contribution >= 4 is 12.1 Å². The zero-order valence-electron chi connectivity index (χ0n) is 24.7. The number of esters is 1. The highest BCUT2D eigenvalue weighted by molar-refractivity contribution is 5.89. The van der Waals surface area contributed by atoms with Crippen LogP contribution in [-0.2, 0) is 9.47 Å². The molecule has 7 nitrogen and oxygen atoms in total. The Morgan fingerprint density at radius 1 is 1.05 bits per heavy atom. The second kappa shape index (κ2) is 12.2. The van der Waals surface area contributed by atoms with Crippen molar-refractivity contribution in [2.45, 2.75) is 64.7 Å². The Morgan fingerprint density at radius 2 is 1.78 bits per heavy atom. The SMILES string of the molecule is COC(=O)c1ccc(C)c(C2CC(CN(C(=O)OC(C)(C)C)C(C)c3ccc(F)c(OC)c3)Oc3ccccc32)c1. The lowest BCUT2D eigenvalue weighted by Crippen LogP contribution is -2.45. The molecule has 0 N–H and O–H groups in total. The van der Waals surface area contributed by atoms with Crippen LogP contribution in [0.1, 0.15) is 78.7 Å². The summed E-state index contributed by atoms with van der Waals surface area (Å²) in [5, 5.41) is 0. The number of nitrogens with zero attached hydrogens (tertiary/aromatic N) is 1. The van der Waals surface area contributed by atoms with Crippen LogP contribution in [0.4, 0.5) is 9.18 Å². The van der Waals surface area contributed by atoms with Gasteiger partial charge in [-0.2, -0.15) is 0 Å². The van der Waals surface area contributed by atoms with Gasteiger partial charge in [-0.15, -0.1) is 0 Å². The number of hydrogen-bond acceptors (Lipinski definition) is 6. The highest BCUT2D eigenvalue weighted by atomic mass is 19.1. The highest BCUT2D eigenvalue weighted by Gasteiger charge is 2.35. The first-order valence-electron chi connectivity index (χ1n) is 13.7. The molecule has 0 saturated heterocycles. The molecule has 0 bridgehead atoms. The summed E-state index contributed by atoms with van der Waals surface area (Å²) in [5.74, 6) is -0.148. The van der Waals surface area contributed by atoms with Crippen LogP contribution in [-0.4, -0.2) is 49.4 Å². The minimum absolute atomic E-state index is 0.0868. The van der Waals surface area contributed by atoms with Crippen LogP contribution >= 0.6 is 0 Å². The van der Waals surface area contributed by atoms with E-state index in [0.29, 0.717) is 17.5 Å². The van der Waals surface area contributed by atoms with E-state index in [9.17, 15) is 14.0 Å². The molecule has 3 atom stereocenters. The van der Waals surface area contributed by atoms with E-state index in [-0.39, 0.29) is 18.2 Å². The second-order valence-electron chi connectivity index (χ2n) is 11.3. The molecule has 41 heavy (non-hydrogen) atoms. The van der Waals surface area contributed by atoms with E-state index in [2.05, 4.69) is 0 Å². The average Bonchev–Trinajstić information content (AvgIpc) is 2.94. The molecule has 1 heterocycles. The molecule has 0 saturated carbocycles. The van der Waals surface area contributed by atoms with Crippen molar-refractivity contribution in [3.8, 4) is 11.5 Å². The lowest BCUT2D eigenvalue weighted by atomic mass is 9.81. The van der Waals surface area contributed by atoms with Gasteiger partial charge in [0.25, 0.3) is 0 Å². The van der Waals surface area contributed by atoms with E-state index >= 15 is 0 Å². The fourth-order valence-corrected chi connectivity index (χ4v) is 5.21. The van der Waals surface area contributed by atoms with Gasteiger partial charge in [0.05, 0.1) is 32.4 Å². The number of methoxy groups -OCH3 is 2. The summed E-state index contributed by atoms with van der Waals surface area (Å²) in [7, 11) is 2.77. The first-order valence-corrected chi connectivity index (χ1v) is 13.7. The van der Waals surface area contributed by atoms with Gasteiger partial charge in [0.1, 0.15) is 17.5 Å². The van der Waals surface area contributed by atoms with Crippen LogP contribution in [0.15, 0.2) is 60.7 Å². The number of fused-ring (bicyclic) bond motifs is 1. The Balaban J connectivity index is 1.71. The van der Waals surface area contributed by atoms with Gasteiger partial charge in [0.15, 0.2) is 11.6 Å². The third kappa shape index (κ3) is 6.81. The Morgan fingerprint density at radius 3 is 2.46 bits per heavy atom. The number of para-hydroxylation sites is 1. The molecule has 8 heteroatoms. The number of hydrogen-bond donors (Lipinski definition) is 0. The molecule has 0 aromatic heterocycles. The maximum atomic E-state index is 14.2. The molecule has 3 aromatic rings. The molecule has 1 aliphatic heterocycles. The molecule has 0 fully saturated rings. The van der Waals surface area contributed by atoms with Crippen LogP contribution in [0.5, 0.6) is 11.5 Å². The molecule has 218 valence electrons. The summed E-state index contributed by atoms with van der Waals surface area (Å²) in [4.78, 5) is 27.5. The van der Waals surface area contributed by atoms with Gasteiger partial charge in [0.2, 0.25) is 0 Å². The number of ether oxygens (including phenoxy) is 4.